The molecule has 1 aliphatic carbocycles. The smallest absolute Gasteiger partial charge is 0.0584 e. The molecule has 3 heteroatoms. The first-order valence-electron chi connectivity index (χ1n) is 7.09. The predicted molar refractivity (Wildman–Crippen MR) is 73.2 cm³/mol. The van der Waals surface area contributed by atoms with E-state index < -0.39 is 0 Å². The molecule has 0 spiro atoms. The van der Waals surface area contributed by atoms with Crippen LogP contribution in [0.2, 0.25) is 0 Å². The highest BCUT2D eigenvalue weighted by Crippen LogP contribution is 2.35. The van der Waals surface area contributed by atoms with E-state index in [-0.39, 0.29) is 12.6 Å². The van der Waals surface area contributed by atoms with Crippen molar-refractivity contribution in [2.75, 3.05) is 33.8 Å². The lowest BCUT2D eigenvalue weighted by Crippen LogP contribution is -2.45. The van der Waals surface area contributed by atoms with E-state index in [4.69, 9.17) is 0 Å². The highest BCUT2D eigenvalue weighted by Gasteiger charge is 2.32. The van der Waals surface area contributed by atoms with Crippen LogP contribution in [0.4, 0.5) is 0 Å². The zero-order chi connectivity index (χ0) is 12.7. The summed E-state index contributed by atoms with van der Waals surface area (Å²) in [6.45, 7) is 4.57. The fourth-order valence-corrected chi connectivity index (χ4v) is 3.07. The first kappa shape index (κ1) is 14.9. The van der Waals surface area contributed by atoms with Gasteiger partial charge in [0.25, 0.3) is 0 Å². The molecule has 0 radical (unpaired) electrons. The lowest BCUT2D eigenvalue weighted by molar-refractivity contribution is 0.0918. The van der Waals surface area contributed by atoms with Crippen molar-refractivity contribution in [3.8, 4) is 0 Å². The van der Waals surface area contributed by atoms with Crippen LogP contribution in [0, 0.1) is 5.41 Å². The number of aliphatic hydroxyl groups is 1. The Morgan fingerprint density at radius 1 is 1.24 bits per heavy atom. The molecule has 1 unspecified atom stereocenters. The summed E-state index contributed by atoms with van der Waals surface area (Å²) in [4.78, 5) is 2.32. The van der Waals surface area contributed by atoms with E-state index in [9.17, 15) is 5.11 Å². The van der Waals surface area contributed by atoms with E-state index in [1.807, 2.05) is 0 Å². The minimum atomic E-state index is 0.256. The van der Waals surface area contributed by atoms with Crippen molar-refractivity contribution in [3.63, 3.8) is 0 Å². The van der Waals surface area contributed by atoms with E-state index >= 15 is 0 Å². The number of nitrogens with one attached hydrogen (secondary N) is 1. The van der Waals surface area contributed by atoms with Crippen molar-refractivity contribution in [2.45, 2.75) is 51.5 Å². The first-order chi connectivity index (χ1) is 8.13. The molecule has 102 valence electrons. The molecule has 1 saturated carbocycles. The predicted octanol–water partition coefficient (Wildman–Crippen LogP) is 1.86. The standard InChI is InChI=1S/C14H30N2O/c1-13(10-17)16(3)12-14(11-15-2)8-6-4-5-7-9-14/h13,15,17H,4-12H2,1-3H3. The van der Waals surface area contributed by atoms with E-state index in [0.717, 1.165) is 13.1 Å². The summed E-state index contributed by atoms with van der Waals surface area (Å²) in [6.07, 6.45) is 8.17. The summed E-state index contributed by atoms with van der Waals surface area (Å²) >= 11 is 0. The van der Waals surface area contributed by atoms with E-state index in [0.29, 0.717) is 5.41 Å². The zero-order valence-electron chi connectivity index (χ0n) is 11.8. The molecule has 0 saturated heterocycles. The van der Waals surface area contributed by atoms with Gasteiger partial charge in [0, 0.05) is 19.1 Å². The maximum atomic E-state index is 9.25. The lowest BCUT2D eigenvalue weighted by Gasteiger charge is -2.38. The molecule has 0 aromatic rings. The van der Waals surface area contributed by atoms with E-state index in [2.05, 4.69) is 31.2 Å². The molecule has 0 bridgehead atoms. The minimum Gasteiger partial charge on any atom is -0.395 e. The molecule has 3 nitrogen and oxygen atoms in total. The second-order valence-electron chi connectivity index (χ2n) is 5.89. The normalized spacial score (nSPS) is 22.4. The van der Waals surface area contributed by atoms with Crippen LogP contribution in [-0.4, -0.2) is 49.8 Å². The van der Waals surface area contributed by atoms with Gasteiger partial charge in [-0.1, -0.05) is 25.7 Å². The second-order valence-corrected chi connectivity index (χ2v) is 5.89. The third-order valence-corrected chi connectivity index (χ3v) is 4.32. The molecule has 17 heavy (non-hydrogen) atoms. The van der Waals surface area contributed by atoms with Gasteiger partial charge in [-0.2, -0.15) is 0 Å². The average Bonchev–Trinajstić information content (AvgIpc) is 2.54. The Morgan fingerprint density at radius 3 is 2.29 bits per heavy atom. The van der Waals surface area contributed by atoms with Crippen molar-refractivity contribution in [2.24, 2.45) is 5.41 Å². The van der Waals surface area contributed by atoms with Crippen LogP contribution >= 0.6 is 0 Å². The van der Waals surface area contributed by atoms with Gasteiger partial charge >= 0.3 is 0 Å². The summed E-state index contributed by atoms with van der Waals surface area (Å²) in [5.74, 6) is 0. The molecular weight excluding hydrogens is 212 g/mol. The molecule has 1 atom stereocenters. The maximum absolute atomic E-state index is 9.25. The molecule has 2 N–H and O–H groups in total. The van der Waals surface area contributed by atoms with Gasteiger partial charge in [0.2, 0.25) is 0 Å². The van der Waals surface area contributed by atoms with Crippen LogP contribution in [0.5, 0.6) is 0 Å². The number of hydrogen-bond donors (Lipinski definition) is 2. The Hall–Kier alpha value is -0.120. The van der Waals surface area contributed by atoms with Crippen LogP contribution in [0.3, 0.4) is 0 Å². The average molecular weight is 242 g/mol. The van der Waals surface area contributed by atoms with Crippen molar-refractivity contribution < 1.29 is 5.11 Å². The van der Waals surface area contributed by atoms with E-state index in [1.165, 1.54) is 38.5 Å². The van der Waals surface area contributed by atoms with Gasteiger partial charge in [-0.25, -0.2) is 0 Å². The molecule has 1 rings (SSSR count). The SMILES string of the molecule is CNCC1(CN(C)C(C)CO)CCCCCC1. The Kier molecular flexibility index (Phi) is 6.45. The quantitative estimate of drug-likeness (QED) is 0.698. The van der Waals surface area contributed by atoms with Crippen molar-refractivity contribution in [1.29, 1.82) is 0 Å². The number of nitrogens with zero attached hydrogens (tertiary/aromatic N) is 1. The molecule has 0 aromatic heterocycles. The monoisotopic (exact) mass is 242 g/mol. The zero-order valence-corrected chi connectivity index (χ0v) is 11.8. The number of hydrogen-bond acceptors (Lipinski definition) is 3. The van der Waals surface area contributed by atoms with Gasteiger partial charge in [0.05, 0.1) is 6.61 Å². The summed E-state index contributed by atoms with van der Waals surface area (Å²) < 4.78 is 0. The molecule has 0 aromatic carbocycles. The fraction of sp³-hybridized carbons (Fsp3) is 1.00. The molecule has 0 amide bonds. The number of aliphatic hydroxyl groups excluding tert-OH is 1. The van der Waals surface area contributed by atoms with Gasteiger partial charge in [-0.15, -0.1) is 0 Å². The summed E-state index contributed by atoms with van der Waals surface area (Å²) in [5, 5.41) is 12.6. The van der Waals surface area contributed by atoms with Crippen molar-refractivity contribution in [1.82, 2.24) is 10.2 Å². The summed E-state index contributed by atoms with van der Waals surface area (Å²) in [5.41, 5.74) is 0.420. The van der Waals surface area contributed by atoms with Gasteiger partial charge < -0.3 is 15.3 Å². The number of likely N-dealkylation sites (N-methyl/N-ethyl adjacent to an activating group) is 1. The van der Waals surface area contributed by atoms with Gasteiger partial charge in [-0.05, 0) is 39.3 Å². The van der Waals surface area contributed by atoms with Crippen LogP contribution in [0.25, 0.3) is 0 Å². The van der Waals surface area contributed by atoms with Crippen molar-refractivity contribution >= 4 is 0 Å². The fourth-order valence-electron chi connectivity index (χ4n) is 3.07. The van der Waals surface area contributed by atoms with Gasteiger partial charge in [0.1, 0.15) is 0 Å². The second kappa shape index (κ2) is 7.34. The molecule has 0 aliphatic heterocycles. The summed E-state index contributed by atoms with van der Waals surface area (Å²) in [6, 6.07) is 0.270. The highest BCUT2D eigenvalue weighted by atomic mass is 16.3. The minimum absolute atomic E-state index is 0.256. The van der Waals surface area contributed by atoms with Gasteiger partial charge in [0.15, 0.2) is 0 Å². The third kappa shape index (κ3) is 4.57. The van der Waals surface area contributed by atoms with Crippen LogP contribution < -0.4 is 5.32 Å². The Bertz CT molecular complexity index is 200. The maximum Gasteiger partial charge on any atom is 0.0584 e. The largest absolute Gasteiger partial charge is 0.395 e. The van der Waals surface area contributed by atoms with Crippen LogP contribution in [0.15, 0.2) is 0 Å². The molecule has 0 heterocycles. The summed E-state index contributed by atoms with van der Waals surface area (Å²) in [7, 11) is 4.20. The van der Waals surface area contributed by atoms with Crippen molar-refractivity contribution in [3.05, 3.63) is 0 Å². The Balaban J connectivity index is 2.62. The third-order valence-electron chi connectivity index (χ3n) is 4.32. The van der Waals surface area contributed by atoms with Crippen LogP contribution in [-0.2, 0) is 0 Å². The van der Waals surface area contributed by atoms with E-state index in [1.54, 1.807) is 0 Å². The van der Waals surface area contributed by atoms with Gasteiger partial charge in [-0.3, -0.25) is 0 Å². The number of rotatable bonds is 6. The highest BCUT2D eigenvalue weighted by molar-refractivity contribution is 4.86. The Labute approximate surface area is 107 Å². The Morgan fingerprint density at radius 2 is 1.82 bits per heavy atom. The topological polar surface area (TPSA) is 35.5 Å². The molecular formula is C14H30N2O. The first-order valence-corrected chi connectivity index (χ1v) is 7.09. The molecule has 1 fully saturated rings. The molecule has 1 aliphatic rings. The lowest BCUT2D eigenvalue weighted by atomic mass is 9.79. The van der Waals surface area contributed by atoms with Crippen LogP contribution in [0.1, 0.15) is 45.4 Å².